The highest BCUT2D eigenvalue weighted by atomic mass is 79.9. The second-order valence-electron chi connectivity index (χ2n) is 3.72. The van der Waals surface area contributed by atoms with Crippen LogP contribution in [0.1, 0.15) is 5.69 Å². The van der Waals surface area contributed by atoms with Gasteiger partial charge in [-0.1, -0.05) is 39.7 Å². The molecule has 2 aromatic rings. The van der Waals surface area contributed by atoms with Crippen LogP contribution in [-0.4, -0.2) is 23.6 Å². The van der Waals surface area contributed by atoms with E-state index in [0.29, 0.717) is 5.15 Å². The Labute approximate surface area is 114 Å². The van der Waals surface area contributed by atoms with Crippen LogP contribution in [0.25, 0.3) is 11.4 Å². The topological polar surface area (TPSA) is 40.7 Å². The van der Waals surface area contributed by atoms with Crippen LogP contribution < -0.4 is 5.32 Å². The van der Waals surface area contributed by atoms with Crippen molar-refractivity contribution in [1.29, 1.82) is 0 Å². The van der Waals surface area contributed by atoms with Crippen molar-refractivity contribution in [2.45, 2.75) is 6.42 Å². The van der Waals surface area contributed by atoms with Gasteiger partial charge in [-0.05, 0) is 19.2 Å². The average Bonchev–Trinajstić information content (AvgIpc) is 2.68. The highest BCUT2D eigenvalue weighted by Crippen LogP contribution is 2.24. The van der Waals surface area contributed by atoms with Crippen molar-refractivity contribution in [3.63, 3.8) is 0 Å². The van der Waals surface area contributed by atoms with Gasteiger partial charge in [-0.15, -0.1) is 0 Å². The highest BCUT2D eigenvalue weighted by Gasteiger charge is 2.09. The summed E-state index contributed by atoms with van der Waals surface area (Å²) < 4.78 is 1.03. The summed E-state index contributed by atoms with van der Waals surface area (Å²) in [5.41, 5.74) is 1.99. The Morgan fingerprint density at radius 1 is 1.47 bits per heavy atom. The third-order valence-corrected chi connectivity index (χ3v) is 3.26. The molecule has 0 saturated heterocycles. The molecule has 2 rings (SSSR count). The van der Waals surface area contributed by atoms with Crippen LogP contribution in [0.4, 0.5) is 0 Å². The van der Waals surface area contributed by atoms with E-state index in [2.05, 4.69) is 31.2 Å². The average molecular weight is 315 g/mol. The molecule has 0 amide bonds. The Morgan fingerprint density at radius 2 is 2.29 bits per heavy atom. The maximum atomic E-state index is 6.09. The SMILES string of the molecule is CNCCc1[nH]c(-c2cccc(Br)c2)nc1Cl. The van der Waals surface area contributed by atoms with Gasteiger partial charge in [0.25, 0.3) is 0 Å². The largest absolute Gasteiger partial charge is 0.341 e. The van der Waals surface area contributed by atoms with Crippen molar-refractivity contribution in [2.75, 3.05) is 13.6 Å². The monoisotopic (exact) mass is 313 g/mol. The van der Waals surface area contributed by atoms with Gasteiger partial charge >= 0.3 is 0 Å². The molecule has 17 heavy (non-hydrogen) atoms. The Kier molecular flexibility index (Phi) is 4.20. The molecule has 0 atom stereocenters. The summed E-state index contributed by atoms with van der Waals surface area (Å²) in [5, 5.41) is 3.64. The Balaban J connectivity index is 2.28. The molecule has 1 aromatic carbocycles. The van der Waals surface area contributed by atoms with Gasteiger partial charge in [-0.3, -0.25) is 0 Å². The van der Waals surface area contributed by atoms with Crippen molar-refractivity contribution in [3.8, 4) is 11.4 Å². The number of nitrogens with one attached hydrogen (secondary N) is 2. The fourth-order valence-corrected chi connectivity index (χ4v) is 2.20. The smallest absolute Gasteiger partial charge is 0.150 e. The van der Waals surface area contributed by atoms with Crippen molar-refractivity contribution in [2.24, 2.45) is 0 Å². The molecule has 0 aliphatic carbocycles. The van der Waals surface area contributed by atoms with Crippen molar-refractivity contribution in [1.82, 2.24) is 15.3 Å². The zero-order valence-corrected chi connectivity index (χ0v) is 11.8. The number of rotatable bonds is 4. The first-order chi connectivity index (χ1) is 8.20. The van der Waals surface area contributed by atoms with Crippen LogP contribution >= 0.6 is 27.5 Å². The lowest BCUT2D eigenvalue weighted by Gasteiger charge is -1.98. The van der Waals surface area contributed by atoms with Crippen molar-refractivity contribution >= 4 is 27.5 Å². The van der Waals surface area contributed by atoms with Gasteiger partial charge in [-0.2, -0.15) is 0 Å². The third kappa shape index (κ3) is 3.09. The molecule has 0 bridgehead atoms. The first-order valence-electron chi connectivity index (χ1n) is 5.35. The lowest BCUT2D eigenvalue weighted by Crippen LogP contribution is -2.10. The molecular weight excluding hydrogens is 302 g/mol. The van der Waals surface area contributed by atoms with E-state index in [1.807, 2.05) is 31.3 Å². The maximum Gasteiger partial charge on any atom is 0.150 e. The highest BCUT2D eigenvalue weighted by molar-refractivity contribution is 9.10. The number of hydrogen-bond acceptors (Lipinski definition) is 2. The van der Waals surface area contributed by atoms with Crippen LogP contribution in [0.3, 0.4) is 0 Å². The Hall–Kier alpha value is -0.840. The molecule has 2 N–H and O–H groups in total. The standard InChI is InChI=1S/C12H13BrClN3/c1-15-6-5-10-11(14)17-12(16-10)8-3-2-4-9(13)7-8/h2-4,7,15H,5-6H2,1H3,(H,16,17). The molecule has 0 aliphatic heterocycles. The van der Waals surface area contributed by atoms with Gasteiger partial charge in [0.15, 0.2) is 5.15 Å². The molecule has 0 aliphatic rings. The van der Waals surface area contributed by atoms with Crippen molar-refractivity contribution in [3.05, 3.63) is 39.6 Å². The number of likely N-dealkylation sites (N-methyl/N-ethyl adjacent to an activating group) is 1. The van der Waals surface area contributed by atoms with E-state index in [0.717, 1.165) is 34.5 Å². The van der Waals surface area contributed by atoms with Crippen LogP contribution in [0, 0.1) is 0 Å². The van der Waals surface area contributed by atoms with Gasteiger partial charge in [0.05, 0.1) is 5.69 Å². The van der Waals surface area contributed by atoms with E-state index in [1.165, 1.54) is 0 Å². The molecule has 90 valence electrons. The third-order valence-electron chi connectivity index (χ3n) is 2.45. The molecule has 5 heteroatoms. The fraction of sp³-hybridized carbons (Fsp3) is 0.250. The summed E-state index contributed by atoms with van der Waals surface area (Å²) in [5.74, 6) is 0.808. The summed E-state index contributed by atoms with van der Waals surface area (Å²) >= 11 is 9.53. The number of benzene rings is 1. The molecule has 1 heterocycles. The van der Waals surface area contributed by atoms with E-state index in [9.17, 15) is 0 Å². The second kappa shape index (κ2) is 5.67. The van der Waals surface area contributed by atoms with E-state index in [4.69, 9.17) is 11.6 Å². The zero-order valence-electron chi connectivity index (χ0n) is 9.43. The van der Waals surface area contributed by atoms with E-state index < -0.39 is 0 Å². The molecule has 0 spiro atoms. The van der Waals surface area contributed by atoms with Gasteiger partial charge in [0.1, 0.15) is 5.82 Å². The van der Waals surface area contributed by atoms with Crippen LogP contribution in [0.2, 0.25) is 5.15 Å². The van der Waals surface area contributed by atoms with Gasteiger partial charge < -0.3 is 10.3 Å². The van der Waals surface area contributed by atoms with Crippen LogP contribution in [0.5, 0.6) is 0 Å². The van der Waals surface area contributed by atoms with E-state index >= 15 is 0 Å². The number of halogens is 2. The molecule has 0 radical (unpaired) electrons. The Bertz CT molecular complexity index is 510. The molecule has 0 unspecified atom stereocenters. The normalized spacial score (nSPS) is 10.8. The first-order valence-corrected chi connectivity index (χ1v) is 6.52. The minimum Gasteiger partial charge on any atom is -0.341 e. The maximum absolute atomic E-state index is 6.09. The second-order valence-corrected chi connectivity index (χ2v) is 4.99. The molecule has 0 saturated carbocycles. The lowest BCUT2D eigenvalue weighted by atomic mass is 10.2. The number of aromatic nitrogens is 2. The summed E-state index contributed by atoms with van der Waals surface area (Å²) in [6, 6.07) is 7.97. The van der Waals surface area contributed by atoms with Crippen molar-refractivity contribution < 1.29 is 0 Å². The van der Waals surface area contributed by atoms with Gasteiger partial charge in [0.2, 0.25) is 0 Å². The predicted octanol–water partition coefficient (Wildman–Crippen LogP) is 3.25. The van der Waals surface area contributed by atoms with Crippen LogP contribution in [-0.2, 0) is 6.42 Å². The van der Waals surface area contributed by atoms with E-state index in [-0.39, 0.29) is 0 Å². The minimum atomic E-state index is 0.551. The van der Waals surface area contributed by atoms with Crippen LogP contribution in [0.15, 0.2) is 28.7 Å². The summed E-state index contributed by atoms with van der Waals surface area (Å²) in [6.07, 6.45) is 0.844. The lowest BCUT2D eigenvalue weighted by molar-refractivity contribution is 0.780. The number of aromatic amines is 1. The molecule has 3 nitrogen and oxygen atoms in total. The van der Waals surface area contributed by atoms with Gasteiger partial charge in [-0.25, -0.2) is 4.98 Å². The zero-order chi connectivity index (χ0) is 12.3. The quantitative estimate of drug-likeness (QED) is 0.909. The number of nitrogens with zero attached hydrogens (tertiary/aromatic N) is 1. The molecule has 1 aromatic heterocycles. The number of hydrogen-bond donors (Lipinski definition) is 2. The molecular formula is C12H13BrClN3. The summed E-state index contributed by atoms with van der Waals surface area (Å²) in [4.78, 5) is 7.59. The molecule has 0 fully saturated rings. The van der Waals surface area contributed by atoms with Gasteiger partial charge in [0, 0.05) is 23.0 Å². The minimum absolute atomic E-state index is 0.551. The number of imidazole rings is 1. The fourth-order valence-electron chi connectivity index (χ4n) is 1.58. The first kappa shape index (κ1) is 12.6. The predicted molar refractivity (Wildman–Crippen MR) is 74.4 cm³/mol. The van der Waals surface area contributed by atoms with E-state index in [1.54, 1.807) is 0 Å². The number of H-pyrrole nitrogens is 1. The summed E-state index contributed by atoms with van der Waals surface area (Å²) in [6.45, 7) is 0.875. The summed E-state index contributed by atoms with van der Waals surface area (Å²) in [7, 11) is 1.92. The Morgan fingerprint density at radius 3 is 3.00 bits per heavy atom.